The van der Waals surface area contributed by atoms with Crippen LogP contribution in [-0.2, 0) is 12.8 Å². The normalized spacial score (nSPS) is 17.3. The summed E-state index contributed by atoms with van der Waals surface area (Å²) in [6.45, 7) is 6.67. The Morgan fingerprint density at radius 1 is 1.27 bits per heavy atom. The van der Waals surface area contributed by atoms with Gasteiger partial charge in [-0.05, 0) is 62.0 Å². The SMILES string of the molecule is CCCN(CCC)[C@H]1Cc2c[nH]c3ccc(C(N)=O)c(c23)C1. The summed E-state index contributed by atoms with van der Waals surface area (Å²) in [7, 11) is 0. The van der Waals surface area contributed by atoms with Crippen molar-refractivity contribution < 1.29 is 4.79 Å². The maximum absolute atomic E-state index is 11.8. The van der Waals surface area contributed by atoms with Crippen LogP contribution in [-0.4, -0.2) is 34.9 Å². The van der Waals surface area contributed by atoms with Crippen LogP contribution >= 0.6 is 0 Å². The molecule has 0 radical (unpaired) electrons. The van der Waals surface area contributed by atoms with Crippen molar-refractivity contribution in [3.63, 3.8) is 0 Å². The number of aromatic nitrogens is 1. The van der Waals surface area contributed by atoms with Crippen LogP contribution in [0.1, 0.15) is 48.2 Å². The Kier molecular flexibility index (Phi) is 4.21. The van der Waals surface area contributed by atoms with Gasteiger partial charge in [0.2, 0.25) is 5.91 Å². The summed E-state index contributed by atoms with van der Waals surface area (Å²) >= 11 is 0. The van der Waals surface area contributed by atoms with Crippen molar-refractivity contribution >= 4 is 16.8 Å². The van der Waals surface area contributed by atoms with E-state index in [4.69, 9.17) is 5.73 Å². The van der Waals surface area contributed by atoms with Gasteiger partial charge in [-0.15, -0.1) is 0 Å². The highest BCUT2D eigenvalue weighted by Crippen LogP contribution is 2.33. The van der Waals surface area contributed by atoms with E-state index in [0.29, 0.717) is 11.6 Å². The van der Waals surface area contributed by atoms with Crippen LogP contribution < -0.4 is 5.73 Å². The Labute approximate surface area is 131 Å². The summed E-state index contributed by atoms with van der Waals surface area (Å²) in [5.74, 6) is -0.317. The molecular weight excluding hydrogens is 274 g/mol. The Morgan fingerprint density at radius 3 is 2.64 bits per heavy atom. The molecule has 1 aliphatic rings. The second-order valence-electron chi connectivity index (χ2n) is 6.29. The minimum absolute atomic E-state index is 0.317. The first-order valence-corrected chi connectivity index (χ1v) is 8.31. The van der Waals surface area contributed by atoms with Crippen LogP contribution in [0.3, 0.4) is 0 Å². The molecule has 1 heterocycles. The maximum Gasteiger partial charge on any atom is 0.249 e. The van der Waals surface area contributed by atoms with Gasteiger partial charge in [0.1, 0.15) is 0 Å². The number of nitrogens with zero attached hydrogens (tertiary/aromatic N) is 1. The first-order chi connectivity index (χ1) is 10.7. The van der Waals surface area contributed by atoms with Crippen molar-refractivity contribution in [1.82, 2.24) is 9.88 Å². The highest BCUT2D eigenvalue weighted by molar-refractivity contribution is 6.01. The monoisotopic (exact) mass is 299 g/mol. The molecule has 1 aromatic heterocycles. The second kappa shape index (κ2) is 6.13. The molecule has 3 N–H and O–H groups in total. The van der Waals surface area contributed by atoms with E-state index in [-0.39, 0.29) is 5.91 Å². The zero-order chi connectivity index (χ0) is 15.7. The average Bonchev–Trinajstić information content (AvgIpc) is 2.91. The van der Waals surface area contributed by atoms with Crippen LogP contribution in [0.2, 0.25) is 0 Å². The molecule has 118 valence electrons. The van der Waals surface area contributed by atoms with E-state index in [1.807, 2.05) is 12.1 Å². The topological polar surface area (TPSA) is 62.1 Å². The minimum Gasteiger partial charge on any atom is -0.366 e. The molecule has 3 rings (SSSR count). The third-order valence-corrected chi connectivity index (χ3v) is 4.73. The molecule has 0 unspecified atom stereocenters. The summed E-state index contributed by atoms with van der Waals surface area (Å²) in [5.41, 5.74) is 9.86. The first kappa shape index (κ1) is 15.1. The quantitative estimate of drug-likeness (QED) is 0.861. The first-order valence-electron chi connectivity index (χ1n) is 8.31. The lowest BCUT2D eigenvalue weighted by molar-refractivity contribution is 0.0998. The number of H-pyrrole nitrogens is 1. The van der Waals surface area contributed by atoms with Gasteiger partial charge in [-0.3, -0.25) is 9.69 Å². The molecule has 1 amide bonds. The van der Waals surface area contributed by atoms with Gasteiger partial charge in [0.25, 0.3) is 0 Å². The van der Waals surface area contributed by atoms with Crippen LogP contribution in [0.4, 0.5) is 0 Å². The standard InChI is InChI=1S/C18H25N3O/c1-3-7-21(8-4-2)13-9-12-11-20-16-6-5-14(18(19)22)15(10-13)17(12)16/h5-6,11,13,20H,3-4,7-10H2,1-2H3,(H2,19,22)/t13-/m0/s1. The van der Waals surface area contributed by atoms with E-state index in [0.717, 1.165) is 49.9 Å². The average molecular weight is 299 g/mol. The molecule has 0 bridgehead atoms. The van der Waals surface area contributed by atoms with Crippen molar-refractivity contribution in [2.75, 3.05) is 13.1 Å². The highest BCUT2D eigenvalue weighted by Gasteiger charge is 2.28. The summed E-state index contributed by atoms with van der Waals surface area (Å²) in [4.78, 5) is 17.7. The number of aromatic amines is 1. The number of primary amides is 1. The molecule has 0 aliphatic heterocycles. The van der Waals surface area contributed by atoms with Gasteiger partial charge in [0.05, 0.1) is 0 Å². The molecule has 1 aromatic carbocycles. The number of carbonyl (C=O) groups is 1. The van der Waals surface area contributed by atoms with E-state index >= 15 is 0 Å². The third-order valence-electron chi connectivity index (χ3n) is 4.73. The molecule has 1 atom stereocenters. The molecular formula is C18H25N3O. The fraction of sp³-hybridized carbons (Fsp3) is 0.500. The molecule has 4 nitrogen and oxygen atoms in total. The predicted octanol–water partition coefficient (Wildman–Crippen LogP) is 2.86. The van der Waals surface area contributed by atoms with Gasteiger partial charge >= 0.3 is 0 Å². The lowest BCUT2D eigenvalue weighted by atomic mass is 9.85. The fourth-order valence-corrected chi connectivity index (χ4v) is 3.85. The second-order valence-corrected chi connectivity index (χ2v) is 6.29. The lowest BCUT2D eigenvalue weighted by Gasteiger charge is -2.34. The van der Waals surface area contributed by atoms with Crippen molar-refractivity contribution in [3.8, 4) is 0 Å². The number of benzene rings is 1. The Morgan fingerprint density at radius 2 is 2.00 bits per heavy atom. The molecule has 1 aliphatic carbocycles. The Bertz CT molecular complexity index is 683. The lowest BCUT2D eigenvalue weighted by Crippen LogP contribution is -2.41. The van der Waals surface area contributed by atoms with Crippen LogP contribution in [0, 0.1) is 0 Å². The molecule has 0 saturated carbocycles. The van der Waals surface area contributed by atoms with E-state index in [1.165, 1.54) is 10.9 Å². The van der Waals surface area contributed by atoms with E-state index in [1.54, 1.807) is 0 Å². The summed E-state index contributed by atoms with van der Waals surface area (Å²) < 4.78 is 0. The van der Waals surface area contributed by atoms with Gasteiger partial charge in [0, 0.05) is 28.7 Å². The maximum atomic E-state index is 11.8. The Hall–Kier alpha value is -1.81. The highest BCUT2D eigenvalue weighted by atomic mass is 16.1. The van der Waals surface area contributed by atoms with Gasteiger partial charge < -0.3 is 10.7 Å². The zero-order valence-electron chi connectivity index (χ0n) is 13.5. The smallest absolute Gasteiger partial charge is 0.249 e. The fourth-order valence-electron chi connectivity index (χ4n) is 3.85. The van der Waals surface area contributed by atoms with Crippen LogP contribution in [0.25, 0.3) is 10.9 Å². The summed E-state index contributed by atoms with van der Waals surface area (Å²) in [6, 6.07) is 4.30. The number of hydrogen-bond donors (Lipinski definition) is 2. The van der Waals surface area contributed by atoms with Crippen molar-refractivity contribution in [3.05, 3.63) is 35.0 Å². The Balaban J connectivity index is 2.02. The van der Waals surface area contributed by atoms with E-state index < -0.39 is 0 Å². The molecule has 0 saturated heterocycles. The number of nitrogens with two attached hydrogens (primary N) is 1. The largest absolute Gasteiger partial charge is 0.366 e. The minimum atomic E-state index is -0.317. The van der Waals surface area contributed by atoms with Crippen molar-refractivity contribution in [1.29, 1.82) is 0 Å². The van der Waals surface area contributed by atoms with Crippen molar-refractivity contribution in [2.45, 2.75) is 45.6 Å². The van der Waals surface area contributed by atoms with Gasteiger partial charge in [-0.1, -0.05) is 13.8 Å². The van der Waals surface area contributed by atoms with Crippen LogP contribution in [0.5, 0.6) is 0 Å². The summed E-state index contributed by atoms with van der Waals surface area (Å²) in [5, 5.41) is 1.22. The molecule has 22 heavy (non-hydrogen) atoms. The third kappa shape index (κ3) is 2.52. The van der Waals surface area contributed by atoms with Crippen molar-refractivity contribution in [2.24, 2.45) is 5.73 Å². The number of hydrogen-bond acceptors (Lipinski definition) is 2. The number of carbonyl (C=O) groups excluding carboxylic acids is 1. The van der Waals surface area contributed by atoms with Gasteiger partial charge in [-0.25, -0.2) is 0 Å². The predicted molar refractivity (Wildman–Crippen MR) is 90.2 cm³/mol. The van der Waals surface area contributed by atoms with E-state index in [9.17, 15) is 4.79 Å². The number of rotatable bonds is 6. The molecule has 2 aromatic rings. The number of amides is 1. The molecule has 4 heteroatoms. The van der Waals surface area contributed by atoms with Gasteiger partial charge in [-0.2, -0.15) is 0 Å². The van der Waals surface area contributed by atoms with Gasteiger partial charge in [0.15, 0.2) is 0 Å². The van der Waals surface area contributed by atoms with E-state index in [2.05, 4.69) is 29.9 Å². The van der Waals surface area contributed by atoms with Crippen LogP contribution in [0.15, 0.2) is 18.3 Å². The molecule has 0 fully saturated rings. The summed E-state index contributed by atoms with van der Waals surface area (Å²) in [6.07, 6.45) is 6.38. The zero-order valence-corrected chi connectivity index (χ0v) is 13.5. The molecule has 0 spiro atoms. The number of nitrogens with one attached hydrogen (secondary N) is 1.